The Morgan fingerprint density at radius 3 is 1.76 bits per heavy atom. The van der Waals surface area contributed by atoms with Gasteiger partial charge in [0.05, 0.1) is 0 Å². The lowest BCUT2D eigenvalue weighted by Crippen LogP contribution is -1.95. The molecule has 8 rings (SSSR count). The van der Waals surface area contributed by atoms with Gasteiger partial charge in [-0.15, -0.1) is 0 Å². The van der Waals surface area contributed by atoms with E-state index in [0.717, 1.165) is 22.7 Å². The van der Waals surface area contributed by atoms with Gasteiger partial charge in [-0.25, -0.2) is 0 Å². The van der Waals surface area contributed by atoms with Crippen molar-refractivity contribution in [2.75, 3.05) is 10.6 Å². The van der Waals surface area contributed by atoms with Crippen molar-refractivity contribution in [3.63, 3.8) is 0 Å². The van der Waals surface area contributed by atoms with Crippen LogP contribution in [-0.2, 0) is 0 Å². The fourth-order valence-corrected chi connectivity index (χ4v) is 6.14. The summed E-state index contributed by atoms with van der Waals surface area (Å²) in [4.78, 5) is 0. The minimum atomic E-state index is 1.08. The van der Waals surface area contributed by atoms with Gasteiger partial charge in [0.2, 0.25) is 0 Å². The molecule has 42 heavy (non-hydrogen) atoms. The van der Waals surface area contributed by atoms with Crippen LogP contribution in [0.5, 0.6) is 0 Å². The number of fused-ring (bicyclic) bond motifs is 4. The highest BCUT2D eigenvalue weighted by molar-refractivity contribution is 6.08. The van der Waals surface area contributed by atoms with Crippen molar-refractivity contribution in [2.45, 2.75) is 0 Å². The lowest BCUT2D eigenvalue weighted by atomic mass is 9.94. The highest BCUT2D eigenvalue weighted by Gasteiger charge is 2.12. The van der Waals surface area contributed by atoms with Gasteiger partial charge in [0.15, 0.2) is 0 Å². The zero-order valence-corrected chi connectivity index (χ0v) is 23.0. The van der Waals surface area contributed by atoms with Crippen LogP contribution in [0.15, 0.2) is 158 Å². The molecule has 2 N–H and O–H groups in total. The van der Waals surface area contributed by atoms with Crippen molar-refractivity contribution in [3.05, 3.63) is 158 Å². The van der Waals surface area contributed by atoms with E-state index in [9.17, 15) is 0 Å². The molecule has 0 spiro atoms. The first-order valence-electron chi connectivity index (χ1n) is 14.4. The minimum absolute atomic E-state index is 1.08. The second kappa shape index (κ2) is 10.1. The monoisotopic (exact) mass is 536 g/mol. The summed E-state index contributed by atoms with van der Waals surface area (Å²) in [5.74, 6) is 0. The molecule has 8 aromatic rings. The predicted octanol–water partition coefficient (Wildman–Crippen LogP) is 11.5. The van der Waals surface area contributed by atoms with Crippen LogP contribution in [0.2, 0.25) is 0 Å². The van der Waals surface area contributed by atoms with E-state index >= 15 is 0 Å². The molecule has 2 nitrogen and oxygen atoms in total. The van der Waals surface area contributed by atoms with Crippen molar-refractivity contribution in [2.24, 2.45) is 0 Å². The van der Waals surface area contributed by atoms with Gasteiger partial charge in [-0.2, -0.15) is 0 Å². The summed E-state index contributed by atoms with van der Waals surface area (Å²) in [6.07, 6.45) is 0. The third-order valence-corrected chi connectivity index (χ3v) is 8.18. The first-order valence-corrected chi connectivity index (χ1v) is 14.4. The van der Waals surface area contributed by atoms with Gasteiger partial charge in [0.25, 0.3) is 0 Å². The topological polar surface area (TPSA) is 24.1 Å². The smallest absolute Gasteiger partial charge is 0.0470 e. The molecule has 0 atom stereocenters. The second-order valence-electron chi connectivity index (χ2n) is 10.8. The Morgan fingerprint density at radius 1 is 0.310 bits per heavy atom. The van der Waals surface area contributed by atoms with Crippen LogP contribution >= 0.6 is 0 Å². The van der Waals surface area contributed by atoms with Crippen LogP contribution in [0.3, 0.4) is 0 Å². The largest absolute Gasteiger partial charge is 0.355 e. The van der Waals surface area contributed by atoms with Crippen molar-refractivity contribution in [1.82, 2.24) is 0 Å². The third-order valence-electron chi connectivity index (χ3n) is 8.18. The predicted molar refractivity (Wildman–Crippen MR) is 181 cm³/mol. The average Bonchev–Trinajstić information content (AvgIpc) is 3.05. The van der Waals surface area contributed by atoms with Gasteiger partial charge in [-0.1, -0.05) is 121 Å². The fraction of sp³-hybridized carbons (Fsp3) is 0. The first kappa shape index (κ1) is 24.2. The molecule has 0 bridgehead atoms. The van der Waals surface area contributed by atoms with Crippen LogP contribution in [0.25, 0.3) is 54.2 Å². The zero-order valence-electron chi connectivity index (χ0n) is 23.0. The molecule has 0 saturated heterocycles. The van der Waals surface area contributed by atoms with Gasteiger partial charge in [-0.3, -0.25) is 0 Å². The molecule has 0 unspecified atom stereocenters. The standard InChI is InChI=1S/C40H28N2/c1-2-12-29-25-32(23-22-27(29)10-1)41-39-21-9-18-36-33(17-8-19-37(36)39)31-24-30-13-4-6-16-35(30)40(26-31)42-38-20-7-14-28-11-3-5-15-34(28)38/h1-26,41-42H. The maximum Gasteiger partial charge on any atom is 0.0470 e. The Labute approximate surface area is 244 Å². The van der Waals surface area contributed by atoms with Crippen LogP contribution in [0.1, 0.15) is 0 Å². The highest BCUT2D eigenvalue weighted by atomic mass is 14.9. The first-order chi connectivity index (χ1) is 20.8. The lowest BCUT2D eigenvalue weighted by molar-refractivity contribution is 1.58. The molecular formula is C40H28N2. The second-order valence-corrected chi connectivity index (χ2v) is 10.8. The van der Waals surface area contributed by atoms with Crippen molar-refractivity contribution in [1.29, 1.82) is 0 Å². The summed E-state index contributed by atoms with van der Waals surface area (Å²) in [6.45, 7) is 0. The molecule has 2 heteroatoms. The van der Waals surface area contributed by atoms with Crippen molar-refractivity contribution < 1.29 is 0 Å². The van der Waals surface area contributed by atoms with Crippen LogP contribution < -0.4 is 10.6 Å². The Bertz CT molecular complexity index is 2260. The SMILES string of the molecule is c1ccc2cc(Nc3cccc4c(-c5cc(Nc6cccc7ccccc67)c6ccccc6c5)cccc34)ccc2c1. The fourth-order valence-electron chi connectivity index (χ4n) is 6.14. The number of hydrogen-bond donors (Lipinski definition) is 2. The quantitative estimate of drug-likeness (QED) is 0.229. The van der Waals surface area contributed by atoms with E-state index in [4.69, 9.17) is 0 Å². The molecule has 8 aromatic carbocycles. The maximum atomic E-state index is 3.79. The van der Waals surface area contributed by atoms with E-state index in [1.807, 2.05) is 0 Å². The van der Waals surface area contributed by atoms with E-state index in [1.165, 1.54) is 54.2 Å². The molecule has 198 valence electrons. The Hall–Kier alpha value is -5.60. The zero-order chi connectivity index (χ0) is 27.9. The number of rotatable bonds is 5. The summed E-state index contributed by atoms with van der Waals surface area (Å²) in [5, 5.41) is 17.2. The molecule has 0 aromatic heterocycles. The van der Waals surface area contributed by atoms with E-state index in [0.29, 0.717) is 0 Å². The van der Waals surface area contributed by atoms with Gasteiger partial charge >= 0.3 is 0 Å². The van der Waals surface area contributed by atoms with Crippen molar-refractivity contribution >= 4 is 65.8 Å². The van der Waals surface area contributed by atoms with E-state index in [1.54, 1.807) is 0 Å². The number of benzene rings is 8. The molecule has 0 heterocycles. The Morgan fingerprint density at radius 2 is 0.905 bits per heavy atom. The Balaban J connectivity index is 1.24. The van der Waals surface area contributed by atoms with Crippen molar-refractivity contribution in [3.8, 4) is 11.1 Å². The summed E-state index contributed by atoms with van der Waals surface area (Å²) in [5.41, 5.74) is 6.78. The van der Waals surface area contributed by atoms with Gasteiger partial charge in [-0.05, 0) is 74.5 Å². The molecule has 0 amide bonds. The van der Waals surface area contributed by atoms with E-state index in [-0.39, 0.29) is 0 Å². The molecule has 0 radical (unpaired) electrons. The van der Waals surface area contributed by atoms with Crippen LogP contribution in [0, 0.1) is 0 Å². The minimum Gasteiger partial charge on any atom is -0.355 e. The van der Waals surface area contributed by atoms with Gasteiger partial charge < -0.3 is 10.6 Å². The summed E-state index contributed by atoms with van der Waals surface area (Å²) < 4.78 is 0. The normalized spacial score (nSPS) is 11.3. The molecular weight excluding hydrogens is 508 g/mol. The maximum absolute atomic E-state index is 3.79. The Kier molecular flexibility index (Phi) is 5.82. The molecule has 0 aliphatic heterocycles. The average molecular weight is 537 g/mol. The van der Waals surface area contributed by atoms with Gasteiger partial charge in [0.1, 0.15) is 0 Å². The van der Waals surface area contributed by atoms with Crippen LogP contribution in [-0.4, -0.2) is 0 Å². The highest BCUT2D eigenvalue weighted by Crippen LogP contribution is 2.39. The third kappa shape index (κ3) is 4.31. The number of nitrogens with one attached hydrogen (secondary N) is 2. The number of anilines is 4. The summed E-state index contributed by atoms with van der Waals surface area (Å²) in [7, 11) is 0. The molecule has 0 aliphatic carbocycles. The molecule has 0 aliphatic rings. The molecule has 0 saturated carbocycles. The van der Waals surface area contributed by atoms with E-state index < -0.39 is 0 Å². The van der Waals surface area contributed by atoms with Crippen LogP contribution in [0.4, 0.5) is 22.7 Å². The summed E-state index contributed by atoms with van der Waals surface area (Å²) in [6, 6.07) is 56.3. The lowest BCUT2D eigenvalue weighted by Gasteiger charge is -2.17. The van der Waals surface area contributed by atoms with Gasteiger partial charge in [0, 0.05) is 38.9 Å². The van der Waals surface area contributed by atoms with E-state index in [2.05, 4.69) is 168 Å². The molecule has 0 fully saturated rings. The number of hydrogen-bond acceptors (Lipinski definition) is 2. The summed E-state index contributed by atoms with van der Waals surface area (Å²) >= 11 is 0.